The van der Waals surface area contributed by atoms with Crippen LogP contribution >= 0.6 is 0 Å². The summed E-state index contributed by atoms with van der Waals surface area (Å²) in [5.74, 6) is -2.03. The number of hydrogen-bond acceptors (Lipinski definition) is 5. The Morgan fingerprint density at radius 2 is 2.17 bits per heavy atom. The second-order valence-corrected chi connectivity index (χ2v) is 5.43. The summed E-state index contributed by atoms with van der Waals surface area (Å²) in [6, 6.07) is 0.0668. The number of fused-ring (bicyclic) bond motifs is 1. The van der Waals surface area contributed by atoms with Crippen LogP contribution in [-0.2, 0) is 18.3 Å². The Morgan fingerprint density at radius 1 is 1.42 bits per heavy atom. The summed E-state index contributed by atoms with van der Waals surface area (Å²) < 4.78 is 20.7. The molecule has 2 aromatic heterocycles. The number of carbonyl (C=O) groups excluding carboxylic acids is 2. The maximum Gasteiger partial charge on any atom is 0.276 e. The first kappa shape index (κ1) is 15.9. The molecule has 0 fully saturated rings. The van der Waals surface area contributed by atoms with Crippen molar-refractivity contribution in [1.82, 2.24) is 19.7 Å². The highest BCUT2D eigenvalue weighted by Crippen LogP contribution is 2.30. The van der Waals surface area contributed by atoms with Crippen LogP contribution in [0.3, 0.4) is 0 Å². The van der Waals surface area contributed by atoms with E-state index in [-0.39, 0.29) is 18.0 Å². The molecule has 1 aliphatic heterocycles. The van der Waals surface area contributed by atoms with Crippen LogP contribution in [0, 0.1) is 5.82 Å². The lowest BCUT2D eigenvalue weighted by Gasteiger charge is -2.33. The van der Waals surface area contributed by atoms with Gasteiger partial charge in [0.2, 0.25) is 5.91 Å². The van der Waals surface area contributed by atoms with E-state index in [1.807, 2.05) is 0 Å². The summed E-state index contributed by atoms with van der Waals surface area (Å²) in [6.45, 7) is 0.214. The van der Waals surface area contributed by atoms with Crippen LogP contribution in [0.15, 0.2) is 18.5 Å². The molecule has 8 nitrogen and oxygen atoms in total. The van der Waals surface area contributed by atoms with Gasteiger partial charge in [-0.1, -0.05) is 0 Å². The topological polar surface area (TPSA) is 103 Å². The van der Waals surface area contributed by atoms with Crippen LogP contribution in [0.25, 0.3) is 0 Å². The first-order chi connectivity index (χ1) is 11.4. The minimum atomic E-state index is -1.00. The molecule has 24 heavy (non-hydrogen) atoms. The molecule has 126 valence electrons. The molecule has 9 heteroatoms. The molecule has 2 aromatic rings. The second-order valence-electron chi connectivity index (χ2n) is 5.43. The molecule has 0 spiro atoms. The Morgan fingerprint density at radius 3 is 2.79 bits per heavy atom. The Bertz CT molecular complexity index is 819. The summed E-state index contributed by atoms with van der Waals surface area (Å²) in [5, 5.41) is 4.10. The quantitative estimate of drug-likeness (QED) is 0.863. The van der Waals surface area contributed by atoms with Crippen molar-refractivity contribution < 1.29 is 18.7 Å². The zero-order chi connectivity index (χ0) is 17.4. The summed E-state index contributed by atoms with van der Waals surface area (Å²) >= 11 is 0. The van der Waals surface area contributed by atoms with Gasteiger partial charge in [-0.15, -0.1) is 0 Å². The Hall–Kier alpha value is -2.97. The predicted molar refractivity (Wildman–Crippen MR) is 80.6 cm³/mol. The van der Waals surface area contributed by atoms with Crippen LogP contribution in [0.2, 0.25) is 0 Å². The predicted octanol–water partition coefficient (Wildman–Crippen LogP) is 0.188. The number of hydrogen-bond donors (Lipinski definition) is 1. The number of carbonyl (C=O) groups is 2. The van der Waals surface area contributed by atoms with Gasteiger partial charge in [-0.2, -0.15) is 5.10 Å². The Labute approximate surface area is 137 Å². The molecule has 1 atom stereocenters. The fraction of sp³-hybridized carbons (Fsp3) is 0.333. The van der Waals surface area contributed by atoms with Gasteiger partial charge in [-0.25, -0.2) is 9.37 Å². The highest BCUT2D eigenvalue weighted by atomic mass is 19.1. The van der Waals surface area contributed by atoms with Crippen LogP contribution in [0.1, 0.15) is 27.8 Å². The minimum Gasteiger partial charge on any atom is -0.495 e. The molecule has 2 amide bonds. The van der Waals surface area contributed by atoms with E-state index in [1.54, 1.807) is 11.7 Å². The average molecular weight is 333 g/mol. The lowest BCUT2D eigenvalue weighted by Crippen LogP contribution is -2.46. The number of aromatic nitrogens is 3. The van der Waals surface area contributed by atoms with Crippen LogP contribution < -0.4 is 10.5 Å². The number of methoxy groups -OCH3 is 1. The van der Waals surface area contributed by atoms with E-state index in [1.165, 1.54) is 24.4 Å². The van der Waals surface area contributed by atoms with Gasteiger partial charge < -0.3 is 15.4 Å². The molecule has 0 radical (unpaired) electrons. The molecule has 2 N–H and O–H groups in total. The summed E-state index contributed by atoms with van der Waals surface area (Å²) in [7, 11) is 3.12. The lowest BCUT2D eigenvalue weighted by molar-refractivity contribution is -0.123. The maximum absolute atomic E-state index is 14.1. The normalized spacial score (nSPS) is 16.6. The number of rotatable bonds is 3. The second kappa shape index (κ2) is 5.91. The smallest absolute Gasteiger partial charge is 0.276 e. The molecule has 1 unspecified atom stereocenters. The van der Waals surface area contributed by atoms with Crippen molar-refractivity contribution in [3.63, 3.8) is 0 Å². The average Bonchev–Trinajstić information content (AvgIpc) is 2.94. The maximum atomic E-state index is 14.1. The largest absolute Gasteiger partial charge is 0.495 e. The Balaban J connectivity index is 1.99. The molecule has 0 saturated carbocycles. The van der Waals surface area contributed by atoms with Crippen molar-refractivity contribution in [2.24, 2.45) is 12.8 Å². The number of ether oxygens (including phenoxy) is 1. The highest BCUT2D eigenvalue weighted by Gasteiger charge is 2.38. The van der Waals surface area contributed by atoms with E-state index in [0.717, 1.165) is 11.8 Å². The first-order valence-electron chi connectivity index (χ1n) is 7.24. The van der Waals surface area contributed by atoms with E-state index in [2.05, 4.69) is 10.1 Å². The number of primary amides is 1. The van der Waals surface area contributed by atoms with E-state index in [0.29, 0.717) is 12.0 Å². The van der Waals surface area contributed by atoms with Crippen LogP contribution in [0.5, 0.6) is 5.75 Å². The molecule has 1 aliphatic rings. The van der Waals surface area contributed by atoms with Crippen molar-refractivity contribution in [1.29, 1.82) is 0 Å². The van der Waals surface area contributed by atoms with Gasteiger partial charge in [0, 0.05) is 37.3 Å². The highest BCUT2D eigenvalue weighted by molar-refractivity contribution is 5.96. The summed E-state index contributed by atoms with van der Waals surface area (Å²) in [6.07, 6.45) is 3.23. The van der Waals surface area contributed by atoms with Crippen LogP contribution in [-0.4, -0.2) is 45.1 Å². The van der Waals surface area contributed by atoms with E-state index < -0.39 is 23.7 Å². The van der Waals surface area contributed by atoms with Gasteiger partial charge in [0.1, 0.15) is 11.8 Å². The molecule has 3 heterocycles. The van der Waals surface area contributed by atoms with Gasteiger partial charge in [0.05, 0.1) is 19.5 Å². The third-order valence-corrected chi connectivity index (χ3v) is 4.07. The van der Waals surface area contributed by atoms with Gasteiger partial charge >= 0.3 is 0 Å². The molecular formula is C15H16FN5O3. The van der Waals surface area contributed by atoms with Crippen LogP contribution in [0.4, 0.5) is 4.39 Å². The molecule has 0 bridgehead atoms. The number of aryl methyl sites for hydroxylation is 1. The lowest BCUT2D eigenvalue weighted by atomic mass is 9.98. The molecule has 0 saturated heterocycles. The van der Waals surface area contributed by atoms with Crippen molar-refractivity contribution >= 4 is 11.8 Å². The number of nitrogens with zero attached hydrogens (tertiary/aromatic N) is 4. The molecule has 3 rings (SSSR count). The number of pyridine rings is 1. The van der Waals surface area contributed by atoms with Crippen molar-refractivity contribution in [3.05, 3.63) is 41.2 Å². The van der Waals surface area contributed by atoms with E-state index in [4.69, 9.17) is 10.5 Å². The standard InChI is InChI=1S/C15H16FN5O3/c1-20-11-3-4-21(13(14(17)22)9(11)7-19-20)15(23)12-10(16)5-8(24-2)6-18-12/h5-7,13H,3-4H2,1-2H3,(H2,17,22). The first-order valence-corrected chi connectivity index (χ1v) is 7.24. The zero-order valence-corrected chi connectivity index (χ0v) is 13.2. The summed E-state index contributed by atoms with van der Waals surface area (Å²) in [5.41, 5.74) is 6.48. The van der Waals surface area contributed by atoms with Crippen molar-refractivity contribution in [2.75, 3.05) is 13.7 Å². The minimum absolute atomic E-state index is 0.198. The van der Waals surface area contributed by atoms with Gasteiger partial charge in [0.25, 0.3) is 5.91 Å². The zero-order valence-electron chi connectivity index (χ0n) is 13.2. The molecular weight excluding hydrogens is 317 g/mol. The fourth-order valence-electron chi connectivity index (χ4n) is 2.89. The number of amides is 2. The van der Waals surface area contributed by atoms with Crippen molar-refractivity contribution in [3.8, 4) is 5.75 Å². The number of nitrogens with two attached hydrogens (primary N) is 1. The SMILES string of the molecule is COc1cnc(C(=O)N2CCc3c(cnn3C)C2C(N)=O)c(F)c1. The summed E-state index contributed by atoms with van der Waals surface area (Å²) in [4.78, 5) is 29.7. The monoisotopic (exact) mass is 333 g/mol. The van der Waals surface area contributed by atoms with E-state index in [9.17, 15) is 14.0 Å². The van der Waals surface area contributed by atoms with Gasteiger partial charge in [-0.05, 0) is 0 Å². The van der Waals surface area contributed by atoms with Crippen molar-refractivity contribution in [2.45, 2.75) is 12.5 Å². The number of halogens is 1. The third kappa shape index (κ3) is 2.47. The third-order valence-electron chi connectivity index (χ3n) is 4.07. The fourth-order valence-corrected chi connectivity index (χ4v) is 2.89. The van der Waals surface area contributed by atoms with E-state index >= 15 is 0 Å². The Kier molecular flexibility index (Phi) is 3.92. The molecule has 0 aliphatic carbocycles. The van der Waals surface area contributed by atoms with Gasteiger partial charge in [-0.3, -0.25) is 14.3 Å². The molecule has 0 aromatic carbocycles. The van der Waals surface area contributed by atoms with Gasteiger partial charge in [0.15, 0.2) is 11.5 Å².